The van der Waals surface area contributed by atoms with Crippen molar-refractivity contribution in [3.05, 3.63) is 42.1 Å². The molecule has 2 aromatic rings. The lowest BCUT2D eigenvalue weighted by atomic mass is 10.1. The van der Waals surface area contributed by atoms with Crippen LogP contribution < -0.4 is 10.6 Å². The Hall–Kier alpha value is -1.68. The second-order valence-electron chi connectivity index (χ2n) is 4.95. The van der Waals surface area contributed by atoms with Gasteiger partial charge < -0.3 is 10.6 Å². The summed E-state index contributed by atoms with van der Waals surface area (Å²) in [5.41, 5.74) is 2.19. The van der Waals surface area contributed by atoms with E-state index >= 15 is 0 Å². The number of hydrogen-bond donors (Lipinski definition) is 2. The molecule has 1 aromatic carbocycles. The quantitative estimate of drug-likeness (QED) is 0.840. The smallest absolute Gasteiger partial charge is 0.166 e. The fraction of sp³-hybridized carbons (Fsp3) is 0.333. The average molecular weight is 273 g/mol. The van der Waals surface area contributed by atoms with Gasteiger partial charge in [-0.3, -0.25) is 4.98 Å². The van der Waals surface area contributed by atoms with Crippen LogP contribution in [0.5, 0.6) is 0 Å². The number of pyridine rings is 1. The molecule has 0 amide bonds. The van der Waals surface area contributed by atoms with Crippen molar-refractivity contribution in [2.75, 3.05) is 6.54 Å². The Morgan fingerprint density at radius 2 is 2.00 bits per heavy atom. The van der Waals surface area contributed by atoms with E-state index in [2.05, 4.69) is 47.7 Å². The summed E-state index contributed by atoms with van der Waals surface area (Å²) in [6.45, 7) is 5.90. The van der Waals surface area contributed by atoms with Gasteiger partial charge in [0.05, 0.1) is 5.52 Å². The molecule has 0 aliphatic carbocycles. The van der Waals surface area contributed by atoms with E-state index in [4.69, 9.17) is 12.2 Å². The number of fused-ring (bicyclic) bond motifs is 1. The lowest BCUT2D eigenvalue weighted by Crippen LogP contribution is -2.36. The van der Waals surface area contributed by atoms with Crippen LogP contribution in [-0.4, -0.2) is 16.6 Å². The van der Waals surface area contributed by atoms with Crippen molar-refractivity contribution in [2.45, 2.75) is 20.4 Å². The first-order valence-corrected chi connectivity index (χ1v) is 6.92. The molecule has 2 N–H and O–H groups in total. The summed E-state index contributed by atoms with van der Waals surface area (Å²) in [4.78, 5) is 4.43. The van der Waals surface area contributed by atoms with Crippen LogP contribution >= 0.6 is 12.2 Å². The highest BCUT2D eigenvalue weighted by Crippen LogP contribution is 2.15. The van der Waals surface area contributed by atoms with E-state index in [1.807, 2.05) is 18.3 Å². The Balaban J connectivity index is 2.00. The van der Waals surface area contributed by atoms with Gasteiger partial charge in [-0.2, -0.15) is 0 Å². The third-order valence-electron chi connectivity index (χ3n) is 2.83. The Labute approximate surface area is 119 Å². The van der Waals surface area contributed by atoms with Gasteiger partial charge in [-0.15, -0.1) is 0 Å². The topological polar surface area (TPSA) is 37.0 Å². The van der Waals surface area contributed by atoms with Crippen LogP contribution in [-0.2, 0) is 6.54 Å². The predicted octanol–water partition coefficient (Wildman–Crippen LogP) is 2.85. The van der Waals surface area contributed by atoms with E-state index in [0.717, 1.165) is 23.0 Å². The highest BCUT2D eigenvalue weighted by Gasteiger charge is 2.02. The van der Waals surface area contributed by atoms with Crippen molar-refractivity contribution >= 4 is 28.2 Å². The zero-order chi connectivity index (χ0) is 13.7. The minimum Gasteiger partial charge on any atom is -0.362 e. The van der Waals surface area contributed by atoms with Gasteiger partial charge in [0.2, 0.25) is 0 Å². The lowest BCUT2D eigenvalue weighted by molar-refractivity contribution is 0.619. The summed E-state index contributed by atoms with van der Waals surface area (Å²) in [6, 6.07) is 10.2. The third kappa shape index (κ3) is 3.89. The van der Waals surface area contributed by atoms with Gasteiger partial charge in [0.1, 0.15) is 0 Å². The van der Waals surface area contributed by atoms with Gasteiger partial charge in [0.25, 0.3) is 0 Å². The second-order valence-corrected chi connectivity index (χ2v) is 5.36. The normalized spacial score (nSPS) is 10.7. The number of benzene rings is 1. The van der Waals surface area contributed by atoms with Crippen molar-refractivity contribution in [1.29, 1.82) is 0 Å². The minimum atomic E-state index is 0.582. The molecule has 0 fully saturated rings. The second kappa shape index (κ2) is 6.48. The molecule has 19 heavy (non-hydrogen) atoms. The first-order valence-electron chi connectivity index (χ1n) is 6.51. The molecule has 0 unspecified atom stereocenters. The van der Waals surface area contributed by atoms with Crippen LogP contribution in [0.1, 0.15) is 19.4 Å². The van der Waals surface area contributed by atoms with Crippen molar-refractivity contribution < 1.29 is 0 Å². The molecule has 0 aliphatic heterocycles. The number of para-hydroxylation sites is 1. The van der Waals surface area contributed by atoms with Gasteiger partial charge in [-0.1, -0.05) is 38.1 Å². The highest BCUT2D eigenvalue weighted by molar-refractivity contribution is 7.80. The molecule has 0 radical (unpaired) electrons. The summed E-state index contributed by atoms with van der Waals surface area (Å²) < 4.78 is 0. The predicted molar refractivity (Wildman–Crippen MR) is 84.0 cm³/mol. The minimum absolute atomic E-state index is 0.582. The molecule has 1 aromatic heterocycles. The van der Waals surface area contributed by atoms with Gasteiger partial charge in [0.15, 0.2) is 5.11 Å². The summed E-state index contributed by atoms with van der Waals surface area (Å²) in [5.74, 6) is 0.582. The van der Waals surface area contributed by atoms with Gasteiger partial charge >= 0.3 is 0 Å². The zero-order valence-electron chi connectivity index (χ0n) is 11.3. The van der Waals surface area contributed by atoms with Crippen molar-refractivity contribution in [1.82, 2.24) is 15.6 Å². The third-order valence-corrected chi connectivity index (χ3v) is 3.12. The van der Waals surface area contributed by atoms with Crippen molar-refractivity contribution in [3.63, 3.8) is 0 Å². The van der Waals surface area contributed by atoms with E-state index in [9.17, 15) is 0 Å². The van der Waals surface area contributed by atoms with Crippen LogP contribution in [0.15, 0.2) is 36.5 Å². The summed E-state index contributed by atoms with van der Waals surface area (Å²) >= 11 is 5.25. The SMILES string of the molecule is CC(C)CNC(=S)NCc1cccc2cccnc12. The number of aromatic nitrogens is 1. The van der Waals surface area contributed by atoms with Crippen molar-refractivity contribution in [3.8, 4) is 0 Å². The molecule has 0 atom stereocenters. The van der Waals surface area contributed by atoms with E-state index in [-0.39, 0.29) is 0 Å². The number of rotatable bonds is 4. The average Bonchev–Trinajstić information content (AvgIpc) is 2.42. The van der Waals surface area contributed by atoms with Crippen molar-refractivity contribution in [2.24, 2.45) is 5.92 Å². The summed E-state index contributed by atoms with van der Waals surface area (Å²) in [7, 11) is 0. The largest absolute Gasteiger partial charge is 0.362 e. The number of hydrogen-bond acceptors (Lipinski definition) is 2. The van der Waals surface area contributed by atoms with Gasteiger partial charge in [-0.25, -0.2) is 0 Å². The van der Waals surface area contributed by atoms with E-state index in [0.29, 0.717) is 17.6 Å². The van der Waals surface area contributed by atoms with E-state index < -0.39 is 0 Å². The van der Waals surface area contributed by atoms with Crippen LogP contribution in [0.25, 0.3) is 10.9 Å². The Morgan fingerprint density at radius 3 is 2.79 bits per heavy atom. The van der Waals surface area contributed by atoms with E-state index in [1.54, 1.807) is 0 Å². The van der Waals surface area contributed by atoms with Gasteiger partial charge in [-0.05, 0) is 29.8 Å². The maximum Gasteiger partial charge on any atom is 0.166 e. The number of nitrogens with zero attached hydrogens (tertiary/aromatic N) is 1. The first-order chi connectivity index (χ1) is 9.16. The summed E-state index contributed by atoms with van der Waals surface area (Å²) in [6.07, 6.45) is 1.82. The number of nitrogens with one attached hydrogen (secondary N) is 2. The molecule has 1 heterocycles. The number of thiocarbonyl (C=S) groups is 1. The summed E-state index contributed by atoms with van der Waals surface area (Å²) in [5, 5.41) is 8.28. The molecule has 100 valence electrons. The fourth-order valence-electron chi connectivity index (χ4n) is 1.84. The molecular weight excluding hydrogens is 254 g/mol. The zero-order valence-corrected chi connectivity index (χ0v) is 12.1. The molecule has 0 aliphatic rings. The molecule has 0 spiro atoms. The standard InChI is InChI=1S/C15H19N3S/c1-11(2)9-17-15(19)18-10-13-6-3-5-12-7-4-8-16-14(12)13/h3-8,11H,9-10H2,1-2H3,(H2,17,18,19). The highest BCUT2D eigenvalue weighted by atomic mass is 32.1. The maximum absolute atomic E-state index is 5.25. The monoisotopic (exact) mass is 273 g/mol. The fourth-order valence-corrected chi connectivity index (χ4v) is 2.00. The molecule has 2 rings (SSSR count). The Morgan fingerprint density at radius 1 is 1.21 bits per heavy atom. The van der Waals surface area contributed by atoms with Crippen LogP contribution in [0, 0.1) is 5.92 Å². The Kier molecular flexibility index (Phi) is 4.68. The molecule has 0 saturated carbocycles. The van der Waals surface area contributed by atoms with Gasteiger partial charge in [0, 0.05) is 24.7 Å². The molecule has 4 heteroatoms. The molecule has 0 saturated heterocycles. The van der Waals surface area contributed by atoms with Crippen LogP contribution in [0.2, 0.25) is 0 Å². The van der Waals surface area contributed by atoms with Crippen LogP contribution in [0.3, 0.4) is 0 Å². The van der Waals surface area contributed by atoms with Crippen LogP contribution in [0.4, 0.5) is 0 Å². The molecular formula is C15H19N3S. The first kappa shape index (κ1) is 13.7. The Bertz CT molecular complexity index is 561. The van der Waals surface area contributed by atoms with E-state index in [1.165, 1.54) is 0 Å². The maximum atomic E-state index is 5.25. The molecule has 3 nitrogen and oxygen atoms in total. The molecule has 0 bridgehead atoms. The lowest BCUT2D eigenvalue weighted by Gasteiger charge is -2.13.